The predicted molar refractivity (Wildman–Crippen MR) is 113 cm³/mol. The van der Waals surface area contributed by atoms with Crippen molar-refractivity contribution in [2.24, 2.45) is 0 Å². The average molecular weight is 416 g/mol. The van der Waals surface area contributed by atoms with Crippen LogP contribution >= 0.6 is 11.6 Å². The van der Waals surface area contributed by atoms with Crippen molar-refractivity contribution in [1.82, 2.24) is 4.98 Å². The number of aryl methyl sites for hydroxylation is 1. The molecule has 7 heteroatoms. The van der Waals surface area contributed by atoms with Gasteiger partial charge in [0.25, 0.3) is 0 Å². The number of para-hydroxylation sites is 1. The Labute approximate surface area is 176 Å². The maximum absolute atomic E-state index is 13.1. The highest BCUT2D eigenvalue weighted by Crippen LogP contribution is 2.50. The minimum Gasteiger partial charge on any atom is -0.437 e. The van der Waals surface area contributed by atoms with Crippen LogP contribution in [0.1, 0.15) is 33.9 Å². The van der Waals surface area contributed by atoms with Crippen molar-refractivity contribution < 1.29 is 9.15 Å². The molecule has 4 aromatic rings. The Hall–Kier alpha value is -3.82. The molecular weight excluding hydrogens is 402 g/mol. The standard InChI is InChI=1S/C23H14ClN3O3/c1-11-15(10-25)20(26)18-17(12-6-8-13(24)9-7-12)19-21(30-22(18)27-11)14-4-2-3-5-16(14)29-23(19)28/h2-9,17H,1H3,(H2,26,27). The molecule has 0 saturated heterocycles. The fourth-order valence-corrected chi connectivity index (χ4v) is 4.06. The van der Waals surface area contributed by atoms with Gasteiger partial charge in [-0.1, -0.05) is 35.9 Å². The molecule has 146 valence electrons. The maximum Gasteiger partial charge on any atom is 0.344 e. The summed E-state index contributed by atoms with van der Waals surface area (Å²) in [6.07, 6.45) is 0. The lowest BCUT2D eigenvalue weighted by Gasteiger charge is -2.29. The molecule has 2 aromatic carbocycles. The van der Waals surface area contributed by atoms with E-state index in [1.165, 1.54) is 0 Å². The number of fused-ring (bicyclic) bond motifs is 4. The summed E-state index contributed by atoms with van der Waals surface area (Å²) in [6, 6.07) is 16.3. The summed E-state index contributed by atoms with van der Waals surface area (Å²) in [4.78, 5) is 17.6. The highest BCUT2D eigenvalue weighted by Gasteiger charge is 2.37. The van der Waals surface area contributed by atoms with Crippen molar-refractivity contribution in [2.75, 3.05) is 5.73 Å². The molecule has 1 unspecified atom stereocenters. The highest BCUT2D eigenvalue weighted by molar-refractivity contribution is 6.30. The van der Waals surface area contributed by atoms with Crippen LogP contribution in [0.2, 0.25) is 5.02 Å². The van der Waals surface area contributed by atoms with E-state index in [1.807, 2.05) is 24.3 Å². The number of ether oxygens (including phenoxy) is 1. The number of hydrogen-bond donors (Lipinski definition) is 1. The van der Waals surface area contributed by atoms with Gasteiger partial charge in [-0.05, 0) is 36.8 Å². The number of nitrogen functional groups attached to an aromatic ring is 1. The van der Waals surface area contributed by atoms with Gasteiger partial charge in [-0.15, -0.1) is 0 Å². The molecule has 1 aliphatic rings. The molecule has 30 heavy (non-hydrogen) atoms. The van der Waals surface area contributed by atoms with E-state index >= 15 is 0 Å². The Balaban J connectivity index is 1.92. The lowest BCUT2D eigenvalue weighted by atomic mass is 9.82. The number of hydrogen-bond acceptors (Lipinski definition) is 6. The number of benzene rings is 2. The zero-order chi connectivity index (χ0) is 21.0. The average Bonchev–Trinajstić information content (AvgIpc) is 2.73. The zero-order valence-corrected chi connectivity index (χ0v) is 16.5. The maximum atomic E-state index is 13.1. The van der Waals surface area contributed by atoms with Crippen molar-refractivity contribution in [1.29, 1.82) is 5.26 Å². The molecule has 6 nitrogen and oxygen atoms in total. The largest absolute Gasteiger partial charge is 0.437 e. The first kappa shape index (κ1) is 18.2. The molecule has 2 N–H and O–H groups in total. The Morgan fingerprint density at radius 1 is 1.13 bits per heavy atom. The molecule has 1 aliphatic heterocycles. The van der Waals surface area contributed by atoms with Crippen LogP contribution in [0.25, 0.3) is 11.0 Å². The molecule has 0 spiro atoms. The van der Waals surface area contributed by atoms with E-state index in [1.54, 1.807) is 31.2 Å². The molecule has 0 fully saturated rings. The third-order valence-corrected chi connectivity index (χ3v) is 5.56. The van der Waals surface area contributed by atoms with Crippen molar-refractivity contribution in [3.8, 4) is 17.7 Å². The molecular formula is C23H14ClN3O3. The van der Waals surface area contributed by atoms with Gasteiger partial charge in [0.05, 0.1) is 39.4 Å². The number of nitrogens with two attached hydrogens (primary N) is 1. The van der Waals surface area contributed by atoms with Crippen LogP contribution < -0.4 is 16.1 Å². The van der Waals surface area contributed by atoms with Gasteiger partial charge < -0.3 is 14.9 Å². The number of nitriles is 1. The summed E-state index contributed by atoms with van der Waals surface area (Å²) in [5.74, 6) is 0.0274. The molecule has 5 rings (SSSR count). The number of aromatic nitrogens is 1. The zero-order valence-electron chi connectivity index (χ0n) is 15.8. The summed E-state index contributed by atoms with van der Waals surface area (Å²) < 4.78 is 11.7. The quantitative estimate of drug-likeness (QED) is 0.391. The van der Waals surface area contributed by atoms with Gasteiger partial charge in [0.1, 0.15) is 11.7 Å². The molecule has 0 aliphatic carbocycles. The third-order valence-electron chi connectivity index (χ3n) is 5.31. The second-order valence-electron chi connectivity index (χ2n) is 7.03. The van der Waals surface area contributed by atoms with Gasteiger partial charge in [-0.2, -0.15) is 5.26 Å². The summed E-state index contributed by atoms with van der Waals surface area (Å²) >= 11 is 6.08. The second kappa shape index (κ2) is 6.61. The minimum absolute atomic E-state index is 0.234. The number of nitrogens with zero attached hydrogens (tertiary/aromatic N) is 2. The normalized spacial score (nSPS) is 14.5. The Bertz CT molecular complexity index is 1440. The van der Waals surface area contributed by atoms with Crippen molar-refractivity contribution >= 4 is 28.3 Å². The van der Waals surface area contributed by atoms with Gasteiger partial charge in [0.15, 0.2) is 5.75 Å². The van der Waals surface area contributed by atoms with E-state index in [9.17, 15) is 10.1 Å². The molecule has 2 aromatic heterocycles. The molecule has 3 heterocycles. The number of pyridine rings is 1. The summed E-state index contributed by atoms with van der Waals surface area (Å²) in [6.45, 7) is 1.70. The SMILES string of the molecule is Cc1nc2c(c(N)c1C#N)C(c1ccc(Cl)cc1)c1c(c3ccccc3oc1=O)O2. The fraction of sp³-hybridized carbons (Fsp3) is 0.0870. The smallest absolute Gasteiger partial charge is 0.344 e. The Morgan fingerprint density at radius 2 is 1.87 bits per heavy atom. The van der Waals surface area contributed by atoms with Crippen LogP contribution in [0.3, 0.4) is 0 Å². The fourth-order valence-electron chi connectivity index (χ4n) is 3.94. The first-order valence-corrected chi connectivity index (χ1v) is 9.56. The number of anilines is 1. The van der Waals surface area contributed by atoms with E-state index in [-0.39, 0.29) is 17.1 Å². The minimum atomic E-state index is -0.623. The monoisotopic (exact) mass is 415 g/mol. The molecule has 0 amide bonds. The predicted octanol–water partition coefficient (Wildman–Crippen LogP) is 4.89. The van der Waals surface area contributed by atoms with Crippen LogP contribution in [0.4, 0.5) is 5.69 Å². The van der Waals surface area contributed by atoms with Crippen LogP contribution in [-0.4, -0.2) is 4.98 Å². The van der Waals surface area contributed by atoms with E-state index in [0.717, 1.165) is 5.56 Å². The Kier molecular flexibility index (Phi) is 4.02. The molecule has 0 saturated carbocycles. The topological polar surface area (TPSA) is 102 Å². The van der Waals surface area contributed by atoms with Gasteiger partial charge in [-0.3, -0.25) is 0 Å². The molecule has 0 radical (unpaired) electrons. The van der Waals surface area contributed by atoms with E-state index in [4.69, 9.17) is 26.5 Å². The van der Waals surface area contributed by atoms with Gasteiger partial charge in [0, 0.05) is 5.02 Å². The third kappa shape index (κ3) is 2.56. The van der Waals surface area contributed by atoms with Crippen LogP contribution in [0.15, 0.2) is 57.7 Å². The van der Waals surface area contributed by atoms with Crippen LogP contribution in [-0.2, 0) is 0 Å². The first-order chi connectivity index (χ1) is 14.5. The van der Waals surface area contributed by atoms with Gasteiger partial charge >= 0.3 is 5.63 Å². The number of rotatable bonds is 1. The van der Waals surface area contributed by atoms with Crippen LogP contribution in [0.5, 0.6) is 11.6 Å². The summed E-state index contributed by atoms with van der Waals surface area (Å²) in [5.41, 5.74) is 8.75. The van der Waals surface area contributed by atoms with Gasteiger partial charge in [0.2, 0.25) is 5.88 Å². The summed E-state index contributed by atoms with van der Waals surface area (Å²) in [5, 5.41) is 10.8. The van der Waals surface area contributed by atoms with Crippen LogP contribution in [0, 0.1) is 18.3 Å². The van der Waals surface area contributed by atoms with Gasteiger partial charge in [-0.25, -0.2) is 9.78 Å². The van der Waals surface area contributed by atoms with Crippen molar-refractivity contribution in [2.45, 2.75) is 12.8 Å². The lowest BCUT2D eigenvalue weighted by Crippen LogP contribution is -2.23. The Morgan fingerprint density at radius 3 is 2.60 bits per heavy atom. The first-order valence-electron chi connectivity index (χ1n) is 9.18. The van der Waals surface area contributed by atoms with E-state index in [2.05, 4.69) is 11.1 Å². The van der Waals surface area contributed by atoms with E-state index in [0.29, 0.717) is 38.6 Å². The highest BCUT2D eigenvalue weighted by atomic mass is 35.5. The molecule has 0 bridgehead atoms. The van der Waals surface area contributed by atoms with Crippen molar-refractivity contribution in [3.05, 3.63) is 91.9 Å². The van der Waals surface area contributed by atoms with Crippen molar-refractivity contribution in [3.63, 3.8) is 0 Å². The second-order valence-corrected chi connectivity index (χ2v) is 7.47. The molecule has 1 atom stereocenters. The summed E-state index contributed by atoms with van der Waals surface area (Å²) in [7, 11) is 0. The number of halogens is 1. The lowest BCUT2D eigenvalue weighted by molar-refractivity contribution is 0.423. The van der Waals surface area contributed by atoms with E-state index < -0.39 is 11.5 Å².